The normalized spacial score (nSPS) is 17.2. The lowest BCUT2D eigenvalue weighted by Crippen LogP contribution is -2.35. The van der Waals surface area contributed by atoms with Crippen LogP contribution >= 0.6 is 0 Å². The molecule has 5 rings (SSSR count). The Labute approximate surface area is 244 Å². The Kier molecular flexibility index (Phi) is 8.53. The summed E-state index contributed by atoms with van der Waals surface area (Å²) in [5.74, 6) is -0.760. The number of hydrogen-bond donors (Lipinski definition) is 3. The minimum absolute atomic E-state index is 0.195. The predicted molar refractivity (Wildman–Crippen MR) is 158 cm³/mol. The molecule has 3 heterocycles. The number of nitrogens with one attached hydrogen (secondary N) is 1. The number of anilines is 1. The van der Waals surface area contributed by atoms with Gasteiger partial charge >= 0.3 is 5.97 Å². The van der Waals surface area contributed by atoms with Gasteiger partial charge in [0, 0.05) is 51.4 Å². The average molecular weight is 570 g/mol. The van der Waals surface area contributed by atoms with E-state index in [2.05, 4.69) is 33.4 Å². The second-order valence-corrected chi connectivity index (χ2v) is 10.9. The number of ether oxygens (including phenoxy) is 1. The van der Waals surface area contributed by atoms with Crippen molar-refractivity contribution in [3.8, 4) is 17.0 Å². The van der Waals surface area contributed by atoms with E-state index in [1.54, 1.807) is 18.2 Å². The summed E-state index contributed by atoms with van der Waals surface area (Å²) >= 11 is 0. The van der Waals surface area contributed by atoms with Gasteiger partial charge in [0.1, 0.15) is 23.7 Å². The molecule has 2 aliphatic rings. The molecule has 10 heteroatoms. The van der Waals surface area contributed by atoms with Crippen molar-refractivity contribution in [3.05, 3.63) is 88.6 Å². The van der Waals surface area contributed by atoms with Crippen molar-refractivity contribution in [2.24, 2.45) is 11.7 Å². The summed E-state index contributed by atoms with van der Waals surface area (Å²) < 4.78 is 6.36. The van der Waals surface area contributed by atoms with E-state index in [1.807, 2.05) is 37.1 Å². The van der Waals surface area contributed by atoms with E-state index in [0.29, 0.717) is 30.4 Å². The maximum Gasteiger partial charge on any atom is 0.342 e. The summed E-state index contributed by atoms with van der Waals surface area (Å²) in [5, 5.41) is 11.7. The second-order valence-electron chi connectivity index (χ2n) is 10.9. The summed E-state index contributed by atoms with van der Waals surface area (Å²) in [6.45, 7) is 5.99. The van der Waals surface area contributed by atoms with E-state index in [0.717, 1.165) is 55.5 Å². The number of carboxylic acid groups (broad SMARTS) is 1. The third-order valence-corrected chi connectivity index (χ3v) is 7.80. The van der Waals surface area contributed by atoms with Gasteiger partial charge < -0.3 is 25.8 Å². The average Bonchev–Trinajstić information content (AvgIpc) is 3.28. The number of nitrogens with two attached hydrogens (primary N) is 1. The number of nitrogens with zero attached hydrogens (tertiary/aromatic N) is 3. The van der Waals surface area contributed by atoms with Crippen LogP contribution in [0, 0.1) is 12.8 Å². The number of aromatic nitrogens is 1. The fourth-order valence-corrected chi connectivity index (χ4v) is 5.64. The zero-order valence-corrected chi connectivity index (χ0v) is 23.8. The van der Waals surface area contributed by atoms with Crippen LogP contribution in [0.4, 0.5) is 5.82 Å². The van der Waals surface area contributed by atoms with Crippen molar-refractivity contribution >= 4 is 23.6 Å². The highest BCUT2D eigenvalue weighted by Crippen LogP contribution is 2.33. The fraction of sp³-hybridized carbons (Fsp3) is 0.312. The molecule has 0 saturated carbocycles. The summed E-state index contributed by atoms with van der Waals surface area (Å²) in [7, 11) is 1.88. The van der Waals surface area contributed by atoms with Crippen molar-refractivity contribution < 1.29 is 24.2 Å². The molecule has 0 bridgehead atoms. The molecule has 218 valence electrons. The number of para-hydroxylation sites is 1. The summed E-state index contributed by atoms with van der Waals surface area (Å²) in [4.78, 5) is 44.3. The molecular formula is C32H35N5O5. The first-order valence-corrected chi connectivity index (χ1v) is 13.9. The van der Waals surface area contributed by atoms with Crippen molar-refractivity contribution in [2.75, 3.05) is 32.0 Å². The number of rotatable bonds is 9. The number of aryl methyl sites for hydroxylation is 1. The number of likely N-dealkylation sites (tertiary alicyclic amines) is 1. The summed E-state index contributed by atoms with van der Waals surface area (Å²) in [6.07, 6.45) is 2.35. The highest BCUT2D eigenvalue weighted by atomic mass is 16.5. The molecule has 42 heavy (non-hydrogen) atoms. The van der Waals surface area contributed by atoms with E-state index >= 15 is 0 Å². The third kappa shape index (κ3) is 6.44. The van der Waals surface area contributed by atoms with E-state index in [1.165, 1.54) is 11.1 Å². The molecule has 1 fully saturated rings. The van der Waals surface area contributed by atoms with E-state index < -0.39 is 17.4 Å². The lowest BCUT2D eigenvalue weighted by molar-refractivity contribution is -0.134. The molecular weight excluding hydrogens is 534 g/mol. The van der Waals surface area contributed by atoms with Gasteiger partial charge in [-0.05, 0) is 59.7 Å². The van der Waals surface area contributed by atoms with E-state index in [9.17, 15) is 14.4 Å². The van der Waals surface area contributed by atoms with Gasteiger partial charge in [-0.3, -0.25) is 14.5 Å². The predicted octanol–water partition coefficient (Wildman–Crippen LogP) is 3.34. The first-order valence-electron chi connectivity index (χ1n) is 13.9. The smallest absolute Gasteiger partial charge is 0.342 e. The summed E-state index contributed by atoms with van der Waals surface area (Å²) in [6, 6.07) is 17.4. The van der Waals surface area contributed by atoms with Gasteiger partial charge in [0.2, 0.25) is 5.91 Å². The molecule has 10 nitrogen and oxygen atoms in total. The Morgan fingerprint density at radius 1 is 1.17 bits per heavy atom. The van der Waals surface area contributed by atoms with E-state index in [-0.39, 0.29) is 11.7 Å². The first-order chi connectivity index (χ1) is 20.2. The molecule has 1 aromatic heterocycles. The maximum atomic E-state index is 12.3. The van der Waals surface area contributed by atoms with Crippen LogP contribution in [0.15, 0.2) is 66.4 Å². The SMILES string of the molecule is Cc1cccc(-c2cccc(NC(=O)C(=CN)C(=O)O)n2)c1OCc1ccc2c(c1)CCN(CC1CC(=O)N(C)C1)C2. The van der Waals surface area contributed by atoms with Crippen molar-refractivity contribution in [2.45, 2.75) is 32.9 Å². The van der Waals surface area contributed by atoms with Crippen LogP contribution in [0.5, 0.6) is 5.75 Å². The zero-order chi connectivity index (χ0) is 29.8. The van der Waals surface area contributed by atoms with Crippen LogP contribution in [0.3, 0.4) is 0 Å². The number of carboxylic acids is 1. The van der Waals surface area contributed by atoms with Crippen molar-refractivity contribution in [1.82, 2.24) is 14.8 Å². The quantitative estimate of drug-likeness (QED) is 0.203. The van der Waals surface area contributed by atoms with Crippen molar-refractivity contribution in [3.63, 3.8) is 0 Å². The number of carbonyl (C=O) groups excluding carboxylic acids is 2. The number of pyridine rings is 1. The van der Waals surface area contributed by atoms with Crippen LogP contribution in [-0.4, -0.2) is 64.4 Å². The van der Waals surface area contributed by atoms with Crippen LogP contribution in [0.25, 0.3) is 11.3 Å². The Balaban J connectivity index is 1.27. The Hall–Kier alpha value is -4.70. The third-order valence-electron chi connectivity index (χ3n) is 7.80. The van der Waals surface area contributed by atoms with E-state index in [4.69, 9.17) is 15.6 Å². The second kappa shape index (κ2) is 12.4. The lowest BCUT2D eigenvalue weighted by atomic mass is 9.96. The Morgan fingerprint density at radius 2 is 1.98 bits per heavy atom. The Morgan fingerprint density at radius 3 is 2.71 bits per heavy atom. The molecule has 2 amide bonds. The largest absolute Gasteiger partial charge is 0.488 e. The number of hydrogen-bond acceptors (Lipinski definition) is 7. The van der Waals surface area contributed by atoms with Gasteiger partial charge in [0.05, 0.1) is 5.69 Å². The minimum atomic E-state index is -1.42. The van der Waals surface area contributed by atoms with Gasteiger partial charge in [-0.25, -0.2) is 9.78 Å². The number of fused-ring (bicyclic) bond motifs is 1. The Bertz CT molecular complexity index is 1550. The highest BCUT2D eigenvalue weighted by molar-refractivity contribution is 6.20. The van der Waals surface area contributed by atoms with Crippen LogP contribution in [0.2, 0.25) is 0 Å². The lowest BCUT2D eigenvalue weighted by Gasteiger charge is -2.31. The maximum absolute atomic E-state index is 12.3. The topological polar surface area (TPSA) is 138 Å². The molecule has 2 aromatic carbocycles. The molecule has 4 N–H and O–H groups in total. The fourth-order valence-electron chi connectivity index (χ4n) is 5.64. The zero-order valence-electron chi connectivity index (χ0n) is 23.8. The van der Waals surface area contributed by atoms with Gasteiger partial charge in [-0.2, -0.15) is 0 Å². The molecule has 3 aromatic rings. The number of benzene rings is 2. The standard InChI is InChI=1S/C32H35N5O5/c1-20-5-3-6-25(27-7-4-8-28(34-27)35-31(39)26(15-33)32(40)41)30(20)42-19-21-9-10-24-18-37(12-11-23(24)13-21)17-22-14-29(38)36(2)16-22/h3-10,13,15,22H,11-12,14,16-19,33H2,1-2H3,(H,40,41)(H,34,35,39). The molecule has 2 aliphatic heterocycles. The molecule has 0 spiro atoms. The number of carbonyl (C=O) groups is 3. The molecule has 0 radical (unpaired) electrons. The molecule has 1 saturated heterocycles. The minimum Gasteiger partial charge on any atom is -0.488 e. The number of amides is 2. The first kappa shape index (κ1) is 28.8. The highest BCUT2D eigenvalue weighted by Gasteiger charge is 2.29. The van der Waals surface area contributed by atoms with Crippen LogP contribution in [-0.2, 0) is 34.0 Å². The number of aliphatic carboxylic acids is 1. The van der Waals surface area contributed by atoms with Gasteiger partial charge in [-0.15, -0.1) is 0 Å². The van der Waals surface area contributed by atoms with Crippen molar-refractivity contribution in [1.29, 1.82) is 0 Å². The van der Waals surface area contributed by atoms with Crippen LogP contribution < -0.4 is 15.8 Å². The van der Waals surface area contributed by atoms with Gasteiger partial charge in [0.15, 0.2) is 0 Å². The summed E-state index contributed by atoms with van der Waals surface area (Å²) in [5.41, 5.74) is 10.7. The molecule has 1 atom stereocenters. The molecule has 1 unspecified atom stereocenters. The van der Waals surface area contributed by atoms with Gasteiger partial charge in [-0.1, -0.05) is 36.4 Å². The molecule has 0 aliphatic carbocycles. The monoisotopic (exact) mass is 569 g/mol. The van der Waals surface area contributed by atoms with Crippen LogP contribution in [0.1, 0.15) is 28.7 Å². The van der Waals surface area contributed by atoms with Gasteiger partial charge in [0.25, 0.3) is 5.91 Å².